The van der Waals surface area contributed by atoms with Crippen molar-refractivity contribution in [2.24, 2.45) is 0 Å². The molecule has 9 heteroatoms. The Morgan fingerprint density at radius 1 is 1.39 bits per heavy atom. The largest absolute Gasteiger partial charge is 0.395 e. The van der Waals surface area contributed by atoms with E-state index in [2.05, 4.69) is 0 Å². The Hall–Kier alpha value is -1.32. The van der Waals surface area contributed by atoms with Gasteiger partial charge < -0.3 is 10.8 Å². The van der Waals surface area contributed by atoms with Crippen molar-refractivity contribution < 1.29 is 26.7 Å². The van der Waals surface area contributed by atoms with E-state index >= 15 is 0 Å². The lowest BCUT2D eigenvalue weighted by atomic mass is 10.3. The molecule has 1 rings (SSSR count). The van der Waals surface area contributed by atoms with Crippen LogP contribution in [0, 0.1) is 5.82 Å². The quantitative estimate of drug-likeness (QED) is 0.679. The topological polar surface area (TPSA) is 92.4 Å². The summed E-state index contributed by atoms with van der Waals surface area (Å²) in [6.45, 7) is -2.81. The number of alkyl halides is 2. The van der Waals surface area contributed by atoms with Gasteiger partial charge in [-0.3, -0.25) is 0 Å². The van der Waals surface area contributed by atoms with Gasteiger partial charge in [-0.25, -0.2) is 26.3 Å². The van der Waals surface area contributed by atoms with Gasteiger partial charge in [0.25, 0.3) is 5.92 Å². The SMILES string of the molecule is Nc1c(F)cccc1S(=O)(=O)NCC(F)(F)CO. The summed E-state index contributed by atoms with van der Waals surface area (Å²) in [6.07, 6.45) is 0. The minimum Gasteiger partial charge on any atom is -0.395 e. The van der Waals surface area contributed by atoms with Gasteiger partial charge in [0.1, 0.15) is 17.3 Å². The van der Waals surface area contributed by atoms with E-state index in [1.54, 1.807) is 4.72 Å². The van der Waals surface area contributed by atoms with Crippen LogP contribution in [-0.4, -0.2) is 32.6 Å². The predicted molar refractivity (Wildman–Crippen MR) is 58.0 cm³/mol. The number of sulfonamides is 1. The van der Waals surface area contributed by atoms with Crippen molar-refractivity contribution in [2.75, 3.05) is 18.9 Å². The summed E-state index contributed by atoms with van der Waals surface area (Å²) in [7, 11) is -4.36. The number of nitrogens with one attached hydrogen (secondary N) is 1. The average molecular weight is 284 g/mol. The molecule has 18 heavy (non-hydrogen) atoms. The molecule has 0 saturated heterocycles. The lowest BCUT2D eigenvalue weighted by Crippen LogP contribution is -2.39. The van der Waals surface area contributed by atoms with Crippen LogP contribution in [0.3, 0.4) is 0 Å². The van der Waals surface area contributed by atoms with E-state index in [0.29, 0.717) is 0 Å². The highest BCUT2D eigenvalue weighted by atomic mass is 32.2. The Morgan fingerprint density at radius 2 is 2.00 bits per heavy atom. The number of hydrogen-bond donors (Lipinski definition) is 3. The molecule has 0 aromatic heterocycles. The fourth-order valence-electron chi connectivity index (χ4n) is 1.09. The minimum absolute atomic E-state index is 0.628. The number of benzene rings is 1. The molecule has 5 nitrogen and oxygen atoms in total. The van der Waals surface area contributed by atoms with Crippen molar-refractivity contribution in [3.05, 3.63) is 24.0 Å². The summed E-state index contributed by atoms with van der Waals surface area (Å²) >= 11 is 0. The molecule has 0 aliphatic carbocycles. The lowest BCUT2D eigenvalue weighted by Gasteiger charge is -2.15. The van der Waals surface area contributed by atoms with Gasteiger partial charge in [0.05, 0.1) is 12.2 Å². The molecule has 1 aromatic carbocycles. The van der Waals surface area contributed by atoms with Crippen molar-refractivity contribution in [1.82, 2.24) is 4.72 Å². The van der Waals surface area contributed by atoms with Crippen LogP contribution < -0.4 is 10.5 Å². The molecule has 0 saturated carbocycles. The smallest absolute Gasteiger partial charge is 0.283 e. The zero-order valence-electron chi connectivity index (χ0n) is 9.03. The highest BCUT2D eigenvalue weighted by Gasteiger charge is 2.31. The van der Waals surface area contributed by atoms with Crippen LogP contribution in [0.5, 0.6) is 0 Å². The first-order chi connectivity index (χ1) is 8.19. The monoisotopic (exact) mass is 284 g/mol. The van der Waals surface area contributed by atoms with E-state index in [4.69, 9.17) is 10.8 Å². The van der Waals surface area contributed by atoms with Crippen LogP contribution in [0.15, 0.2) is 23.1 Å². The summed E-state index contributed by atoms with van der Waals surface area (Å²) in [5, 5.41) is 8.29. The molecule has 0 aliphatic heterocycles. The summed E-state index contributed by atoms with van der Waals surface area (Å²) in [5.41, 5.74) is 4.55. The zero-order valence-corrected chi connectivity index (χ0v) is 9.85. The standard InChI is InChI=1S/C9H11F3N2O3S/c10-6-2-1-3-7(8(6)13)18(16,17)14-4-9(11,12)5-15/h1-3,14-15H,4-5,13H2. The molecule has 0 fully saturated rings. The Balaban J connectivity index is 2.98. The second kappa shape index (κ2) is 5.12. The number of hydrogen-bond acceptors (Lipinski definition) is 4. The fraction of sp³-hybridized carbons (Fsp3) is 0.333. The van der Waals surface area contributed by atoms with Gasteiger partial charge in [0, 0.05) is 0 Å². The Labute approximate surface area is 101 Å². The number of anilines is 1. The second-order valence-corrected chi connectivity index (χ2v) is 5.23. The molecule has 0 bridgehead atoms. The van der Waals surface area contributed by atoms with Crippen molar-refractivity contribution in [3.8, 4) is 0 Å². The maximum Gasteiger partial charge on any atom is 0.283 e. The number of aliphatic hydroxyl groups is 1. The maximum absolute atomic E-state index is 13.0. The molecule has 0 spiro atoms. The van der Waals surface area contributed by atoms with Crippen molar-refractivity contribution in [3.63, 3.8) is 0 Å². The molecule has 102 valence electrons. The Kier molecular flexibility index (Phi) is 4.20. The summed E-state index contributed by atoms with van der Waals surface area (Å²) in [4.78, 5) is -0.628. The molecule has 1 aromatic rings. The highest BCUT2D eigenvalue weighted by molar-refractivity contribution is 7.89. The van der Waals surface area contributed by atoms with Crippen molar-refractivity contribution in [1.29, 1.82) is 0 Å². The van der Waals surface area contributed by atoms with Crippen LogP contribution in [-0.2, 0) is 10.0 Å². The molecule has 4 N–H and O–H groups in total. The molecule has 0 radical (unpaired) electrons. The van der Waals surface area contributed by atoms with E-state index in [0.717, 1.165) is 18.2 Å². The van der Waals surface area contributed by atoms with Gasteiger partial charge in [0.15, 0.2) is 0 Å². The van der Waals surface area contributed by atoms with Crippen molar-refractivity contribution >= 4 is 15.7 Å². The minimum atomic E-state index is -4.36. The number of halogens is 3. The first kappa shape index (κ1) is 14.7. The molecule has 0 unspecified atom stereocenters. The zero-order chi connectivity index (χ0) is 14.0. The summed E-state index contributed by atoms with van der Waals surface area (Å²) in [5.74, 6) is -4.57. The predicted octanol–water partition coefficient (Wildman–Crippen LogP) is 0.314. The highest BCUT2D eigenvalue weighted by Crippen LogP contribution is 2.21. The molecular formula is C9H11F3N2O3S. The van der Waals surface area contributed by atoms with Gasteiger partial charge >= 0.3 is 0 Å². The third-order valence-corrected chi connectivity index (χ3v) is 3.51. The molecule has 0 aliphatic rings. The summed E-state index contributed by atoms with van der Waals surface area (Å²) < 4.78 is 63.2. The van der Waals surface area contributed by atoms with E-state index in [1.165, 1.54) is 0 Å². The van der Waals surface area contributed by atoms with Crippen LogP contribution in [0.1, 0.15) is 0 Å². The summed E-state index contributed by atoms with van der Waals surface area (Å²) in [6, 6.07) is 3.01. The molecule has 0 atom stereocenters. The van der Waals surface area contributed by atoms with Gasteiger partial charge in [-0.1, -0.05) is 6.07 Å². The van der Waals surface area contributed by atoms with Gasteiger partial charge in [0.2, 0.25) is 10.0 Å². The number of para-hydroxylation sites is 1. The maximum atomic E-state index is 13.0. The van der Waals surface area contributed by atoms with E-state index < -0.39 is 45.5 Å². The lowest BCUT2D eigenvalue weighted by molar-refractivity contribution is -0.0437. The van der Waals surface area contributed by atoms with Gasteiger partial charge in [-0.15, -0.1) is 0 Å². The number of nitrogen functional groups attached to an aromatic ring is 1. The fourth-order valence-corrected chi connectivity index (χ4v) is 2.29. The van der Waals surface area contributed by atoms with Crippen LogP contribution >= 0.6 is 0 Å². The molecular weight excluding hydrogens is 273 g/mol. The van der Waals surface area contributed by atoms with E-state index in [9.17, 15) is 21.6 Å². The van der Waals surface area contributed by atoms with E-state index in [1.807, 2.05) is 0 Å². The first-order valence-electron chi connectivity index (χ1n) is 4.72. The molecule has 0 amide bonds. The second-order valence-electron chi connectivity index (χ2n) is 3.49. The van der Waals surface area contributed by atoms with Gasteiger partial charge in [-0.05, 0) is 12.1 Å². The third kappa shape index (κ3) is 3.34. The van der Waals surface area contributed by atoms with Crippen molar-refractivity contribution in [2.45, 2.75) is 10.8 Å². The van der Waals surface area contributed by atoms with E-state index in [-0.39, 0.29) is 0 Å². The number of rotatable bonds is 5. The molecule has 0 heterocycles. The Morgan fingerprint density at radius 3 is 2.56 bits per heavy atom. The van der Waals surface area contributed by atoms with Crippen LogP contribution in [0.25, 0.3) is 0 Å². The van der Waals surface area contributed by atoms with Crippen LogP contribution in [0.2, 0.25) is 0 Å². The normalized spacial score (nSPS) is 12.7. The Bertz CT molecular complexity index is 534. The first-order valence-corrected chi connectivity index (χ1v) is 6.20. The number of aliphatic hydroxyl groups excluding tert-OH is 1. The number of nitrogens with two attached hydrogens (primary N) is 1. The third-order valence-electron chi connectivity index (χ3n) is 2.05. The van der Waals surface area contributed by atoms with Crippen LogP contribution in [0.4, 0.5) is 18.9 Å². The average Bonchev–Trinajstić information content (AvgIpc) is 2.30. The van der Waals surface area contributed by atoms with Gasteiger partial charge in [-0.2, -0.15) is 0 Å².